The molecule has 5 nitrogen and oxygen atoms in total. The highest BCUT2D eigenvalue weighted by atomic mass is 32.1. The van der Waals surface area contributed by atoms with Gasteiger partial charge in [0, 0.05) is 12.0 Å². The quantitative estimate of drug-likeness (QED) is 0.619. The normalized spacial score (nSPS) is 11.3. The van der Waals surface area contributed by atoms with Gasteiger partial charge >= 0.3 is 0 Å². The van der Waals surface area contributed by atoms with Gasteiger partial charge in [-0.05, 0) is 42.7 Å². The van der Waals surface area contributed by atoms with Crippen LogP contribution in [0.1, 0.15) is 23.1 Å². The van der Waals surface area contributed by atoms with Crippen molar-refractivity contribution in [3.63, 3.8) is 0 Å². The number of nitrogens with one attached hydrogen (secondary N) is 1. The minimum absolute atomic E-state index is 0.170. The van der Waals surface area contributed by atoms with Crippen molar-refractivity contribution < 1.29 is 9.53 Å². The fraction of sp³-hybridized carbons (Fsp3) is 0.190. The molecule has 0 fully saturated rings. The summed E-state index contributed by atoms with van der Waals surface area (Å²) < 4.78 is 5.16. The maximum atomic E-state index is 12.3. The van der Waals surface area contributed by atoms with Crippen LogP contribution in [-0.2, 0) is 17.6 Å². The summed E-state index contributed by atoms with van der Waals surface area (Å²) >= 11 is 1.41. The van der Waals surface area contributed by atoms with Crippen molar-refractivity contribution >= 4 is 28.5 Å². The molecule has 0 unspecified atom stereocenters. The minimum atomic E-state index is -0.170. The Morgan fingerprint density at radius 3 is 2.52 bits per heavy atom. The molecule has 3 rings (SSSR count). The van der Waals surface area contributed by atoms with E-state index in [0.717, 1.165) is 29.2 Å². The molecule has 1 amide bonds. The average Bonchev–Trinajstić information content (AvgIpc) is 3.15. The Hall–Kier alpha value is -2.99. The van der Waals surface area contributed by atoms with E-state index in [1.807, 2.05) is 60.7 Å². The predicted molar refractivity (Wildman–Crippen MR) is 109 cm³/mol. The molecule has 0 saturated carbocycles. The third-order valence-electron chi connectivity index (χ3n) is 4.01. The maximum absolute atomic E-state index is 12.3. The Labute approximate surface area is 162 Å². The molecule has 138 valence electrons. The topological polar surface area (TPSA) is 64.1 Å². The van der Waals surface area contributed by atoms with E-state index in [1.165, 1.54) is 16.9 Å². The zero-order valence-corrected chi connectivity index (χ0v) is 16.1. The molecule has 0 saturated heterocycles. The van der Waals surface area contributed by atoms with E-state index in [0.29, 0.717) is 10.7 Å². The summed E-state index contributed by atoms with van der Waals surface area (Å²) in [5.41, 5.74) is 2.82. The van der Waals surface area contributed by atoms with Gasteiger partial charge in [-0.3, -0.25) is 10.1 Å². The van der Waals surface area contributed by atoms with E-state index in [2.05, 4.69) is 15.5 Å². The first-order valence-corrected chi connectivity index (χ1v) is 9.45. The van der Waals surface area contributed by atoms with Crippen LogP contribution >= 0.6 is 11.3 Å². The van der Waals surface area contributed by atoms with Crippen LogP contribution < -0.4 is 10.1 Å². The number of hydrogen-bond acceptors (Lipinski definition) is 5. The highest BCUT2D eigenvalue weighted by molar-refractivity contribution is 7.15. The number of carbonyl (C=O) groups is 1. The van der Waals surface area contributed by atoms with E-state index in [4.69, 9.17) is 4.74 Å². The van der Waals surface area contributed by atoms with E-state index < -0.39 is 0 Å². The van der Waals surface area contributed by atoms with Gasteiger partial charge in [-0.1, -0.05) is 53.8 Å². The Morgan fingerprint density at radius 1 is 1.07 bits per heavy atom. The molecule has 0 aliphatic rings. The van der Waals surface area contributed by atoms with E-state index in [1.54, 1.807) is 14.0 Å². The van der Waals surface area contributed by atoms with Gasteiger partial charge < -0.3 is 4.74 Å². The molecule has 0 aliphatic carbocycles. The lowest BCUT2D eigenvalue weighted by Gasteiger charge is -2.02. The lowest BCUT2D eigenvalue weighted by atomic mass is 10.1. The van der Waals surface area contributed by atoms with Crippen molar-refractivity contribution in [2.24, 2.45) is 0 Å². The maximum Gasteiger partial charge on any atom is 0.253 e. The zero-order chi connectivity index (χ0) is 19.1. The lowest BCUT2D eigenvalue weighted by molar-refractivity contribution is -0.112. The SMILES string of the molecule is COc1ccc(CCc2nnc(NC(=O)/C(C)=C/c3ccccc3)s2)cc1. The standard InChI is InChI=1S/C21H21N3O2S/c1-15(14-17-6-4-3-5-7-17)20(25)22-21-24-23-19(27-21)13-10-16-8-11-18(26-2)12-9-16/h3-9,11-12,14H,10,13H2,1-2H3,(H,22,24,25)/b15-14+. The van der Waals surface area contributed by atoms with Crippen LogP contribution in [0.4, 0.5) is 5.13 Å². The summed E-state index contributed by atoms with van der Waals surface area (Å²) in [6.07, 6.45) is 3.49. The van der Waals surface area contributed by atoms with Crippen LogP contribution in [0, 0.1) is 0 Å². The number of benzene rings is 2. The molecule has 0 aliphatic heterocycles. The molecule has 0 spiro atoms. The molecule has 6 heteroatoms. The molecule has 1 N–H and O–H groups in total. The van der Waals surface area contributed by atoms with E-state index in [9.17, 15) is 4.79 Å². The second-order valence-corrected chi connectivity index (χ2v) is 7.10. The second-order valence-electron chi connectivity index (χ2n) is 6.04. The van der Waals surface area contributed by atoms with Crippen molar-refractivity contribution in [1.82, 2.24) is 10.2 Å². The van der Waals surface area contributed by atoms with Crippen LogP contribution in [0.15, 0.2) is 60.2 Å². The number of ether oxygens (including phenoxy) is 1. The van der Waals surface area contributed by atoms with Crippen molar-refractivity contribution in [2.45, 2.75) is 19.8 Å². The Kier molecular flexibility index (Phi) is 6.33. The van der Waals surface area contributed by atoms with Gasteiger partial charge in [0.1, 0.15) is 10.8 Å². The number of nitrogens with zero attached hydrogens (tertiary/aromatic N) is 2. The van der Waals surface area contributed by atoms with Gasteiger partial charge in [-0.15, -0.1) is 10.2 Å². The van der Waals surface area contributed by atoms with Gasteiger partial charge in [0.15, 0.2) is 0 Å². The summed E-state index contributed by atoms with van der Waals surface area (Å²) in [6.45, 7) is 1.79. The number of aromatic nitrogens is 2. The van der Waals surface area contributed by atoms with Crippen LogP contribution in [-0.4, -0.2) is 23.2 Å². The smallest absolute Gasteiger partial charge is 0.253 e. The third-order valence-corrected chi connectivity index (χ3v) is 4.91. The molecule has 3 aromatic rings. The van der Waals surface area contributed by atoms with Crippen molar-refractivity contribution in [1.29, 1.82) is 0 Å². The van der Waals surface area contributed by atoms with Crippen molar-refractivity contribution in [2.75, 3.05) is 12.4 Å². The fourth-order valence-electron chi connectivity index (χ4n) is 2.51. The van der Waals surface area contributed by atoms with Crippen LogP contribution in [0.3, 0.4) is 0 Å². The molecule has 0 atom stereocenters. The highest BCUT2D eigenvalue weighted by Gasteiger charge is 2.10. The first kappa shape index (κ1) is 18.8. The number of anilines is 1. The highest BCUT2D eigenvalue weighted by Crippen LogP contribution is 2.19. The van der Waals surface area contributed by atoms with Crippen molar-refractivity contribution in [3.8, 4) is 5.75 Å². The van der Waals surface area contributed by atoms with Gasteiger partial charge in [0.25, 0.3) is 5.91 Å². The third kappa shape index (κ3) is 5.49. The Bertz CT molecular complexity index is 918. The van der Waals surface area contributed by atoms with Gasteiger partial charge in [-0.2, -0.15) is 0 Å². The molecule has 0 radical (unpaired) electrons. The van der Waals surface area contributed by atoms with E-state index >= 15 is 0 Å². The predicted octanol–water partition coefficient (Wildman–Crippen LogP) is 4.37. The Morgan fingerprint density at radius 2 is 1.81 bits per heavy atom. The molecule has 2 aromatic carbocycles. The van der Waals surface area contributed by atoms with Crippen LogP contribution in [0.5, 0.6) is 5.75 Å². The lowest BCUT2D eigenvalue weighted by Crippen LogP contribution is -2.12. The Balaban J connectivity index is 1.55. The number of hydrogen-bond donors (Lipinski definition) is 1. The first-order chi connectivity index (χ1) is 13.1. The first-order valence-electron chi connectivity index (χ1n) is 8.64. The molecular formula is C21H21N3O2S. The van der Waals surface area contributed by atoms with E-state index in [-0.39, 0.29) is 5.91 Å². The monoisotopic (exact) mass is 379 g/mol. The van der Waals surface area contributed by atoms with Gasteiger partial charge in [0.2, 0.25) is 5.13 Å². The van der Waals surface area contributed by atoms with Gasteiger partial charge in [-0.25, -0.2) is 0 Å². The largest absolute Gasteiger partial charge is 0.497 e. The number of carbonyl (C=O) groups excluding carboxylic acids is 1. The summed E-state index contributed by atoms with van der Waals surface area (Å²) in [7, 11) is 1.66. The summed E-state index contributed by atoms with van der Waals surface area (Å²) in [4.78, 5) is 12.3. The molecule has 1 heterocycles. The average molecular weight is 379 g/mol. The number of methoxy groups -OCH3 is 1. The van der Waals surface area contributed by atoms with Crippen molar-refractivity contribution in [3.05, 3.63) is 76.3 Å². The zero-order valence-electron chi connectivity index (χ0n) is 15.3. The number of amides is 1. The van der Waals surface area contributed by atoms with Crippen LogP contribution in [0.25, 0.3) is 6.08 Å². The minimum Gasteiger partial charge on any atom is -0.497 e. The summed E-state index contributed by atoms with van der Waals surface area (Å²) in [6, 6.07) is 17.7. The summed E-state index contributed by atoms with van der Waals surface area (Å²) in [5, 5.41) is 12.5. The second kappa shape index (κ2) is 9.09. The number of rotatable bonds is 7. The summed E-state index contributed by atoms with van der Waals surface area (Å²) in [5.74, 6) is 0.676. The molecule has 1 aromatic heterocycles. The molecule has 27 heavy (non-hydrogen) atoms. The fourth-order valence-corrected chi connectivity index (χ4v) is 3.24. The van der Waals surface area contributed by atoms with Crippen LogP contribution in [0.2, 0.25) is 0 Å². The van der Waals surface area contributed by atoms with Gasteiger partial charge in [0.05, 0.1) is 7.11 Å². The molecular weight excluding hydrogens is 358 g/mol. The number of aryl methyl sites for hydroxylation is 2. The molecule has 0 bridgehead atoms.